The zero-order chi connectivity index (χ0) is 13.8. The molecule has 0 aromatic heterocycles. The summed E-state index contributed by atoms with van der Waals surface area (Å²) < 4.78 is 14.6. The van der Waals surface area contributed by atoms with Crippen molar-refractivity contribution in [2.75, 3.05) is 0 Å². The van der Waals surface area contributed by atoms with Gasteiger partial charge in [-0.05, 0) is 0 Å². The van der Waals surface area contributed by atoms with Crippen molar-refractivity contribution >= 4 is 18.8 Å². The SMILES string of the molecule is O.[OH][Sn]([CH]1CCCCC1)([CH]1CCCCC1)[CH]1CCCCC1. The fourth-order valence-corrected chi connectivity index (χ4v) is 22.8. The summed E-state index contributed by atoms with van der Waals surface area (Å²) in [4.78, 5) is 0. The van der Waals surface area contributed by atoms with Gasteiger partial charge in [-0.15, -0.1) is 0 Å². The van der Waals surface area contributed by atoms with Gasteiger partial charge >= 0.3 is 130 Å². The number of hydrogen-bond donors (Lipinski definition) is 1. The second kappa shape index (κ2) is 8.54. The summed E-state index contributed by atoms with van der Waals surface area (Å²) in [5.74, 6) is 0. The van der Waals surface area contributed by atoms with Crippen molar-refractivity contribution in [3.63, 3.8) is 0 Å². The first-order valence-electron chi connectivity index (χ1n) is 9.54. The van der Waals surface area contributed by atoms with Crippen LogP contribution in [0.15, 0.2) is 0 Å². The van der Waals surface area contributed by atoms with Crippen LogP contribution in [0.4, 0.5) is 0 Å². The van der Waals surface area contributed by atoms with Gasteiger partial charge in [-0.2, -0.15) is 0 Å². The normalized spacial score (nSPS) is 27.3. The van der Waals surface area contributed by atoms with E-state index in [1.165, 1.54) is 96.3 Å². The van der Waals surface area contributed by atoms with E-state index in [0.29, 0.717) is 0 Å². The van der Waals surface area contributed by atoms with Gasteiger partial charge < -0.3 is 5.48 Å². The molecule has 3 fully saturated rings. The van der Waals surface area contributed by atoms with Crippen molar-refractivity contribution in [1.82, 2.24) is 0 Å². The van der Waals surface area contributed by atoms with Gasteiger partial charge in [-0.1, -0.05) is 0 Å². The second-order valence-corrected chi connectivity index (χ2v) is 19.9. The minimum atomic E-state index is -2.95. The Labute approximate surface area is 135 Å². The first-order valence-corrected chi connectivity index (χ1v) is 15.8. The van der Waals surface area contributed by atoms with Crippen molar-refractivity contribution in [3.8, 4) is 0 Å². The topological polar surface area (TPSA) is 51.7 Å². The predicted octanol–water partition coefficient (Wildman–Crippen LogP) is 5.10. The molecule has 0 unspecified atom stereocenters. The molecule has 0 saturated heterocycles. The number of rotatable bonds is 3. The van der Waals surface area contributed by atoms with Gasteiger partial charge in [0.25, 0.3) is 0 Å². The van der Waals surface area contributed by atoms with E-state index >= 15 is 0 Å². The van der Waals surface area contributed by atoms with E-state index in [1.54, 1.807) is 0 Å². The molecule has 0 heterocycles. The van der Waals surface area contributed by atoms with Gasteiger partial charge in [0.2, 0.25) is 0 Å². The van der Waals surface area contributed by atoms with Gasteiger partial charge in [0.05, 0.1) is 0 Å². The minimum absolute atomic E-state index is 0. The molecule has 3 aliphatic rings. The van der Waals surface area contributed by atoms with Crippen molar-refractivity contribution in [1.29, 1.82) is 0 Å². The Hall–Kier alpha value is 0.719. The van der Waals surface area contributed by atoms with Gasteiger partial charge in [-0.25, -0.2) is 0 Å². The van der Waals surface area contributed by atoms with Crippen LogP contribution >= 0.6 is 0 Å². The van der Waals surface area contributed by atoms with Crippen LogP contribution < -0.4 is 0 Å². The van der Waals surface area contributed by atoms with Gasteiger partial charge in [0, 0.05) is 0 Å². The van der Waals surface area contributed by atoms with E-state index in [0.717, 1.165) is 11.8 Å². The van der Waals surface area contributed by atoms with E-state index in [-0.39, 0.29) is 5.48 Å². The van der Waals surface area contributed by atoms with Gasteiger partial charge in [-0.3, -0.25) is 0 Å². The summed E-state index contributed by atoms with van der Waals surface area (Å²) in [5, 5.41) is 0. The predicted molar refractivity (Wildman–Crippen MR) is 92.1 cm³/mol. The van der Waals surface area contributed by atoms with E-state index in [4.69, 9.17) is 0 Å². The van der Waals surface area contributed by atoms with Gasteiger partial charge in [0.1, 0.15) is 0 Å². The average Bonchev–Trinajstić information content (AvgIpc) is 2.56. The van der Waals surface area contributed by atoms with Crippen LogP contribution in [0, 0.1) is 0 Å². The molecule has 3 rings (SSSR count). The molecule has 0 spiro atoms. The van der Waals surface area contributed by atoms with Crippen molar-refractivity contribution in [2.45, 2.75) is 108 Å². The molecule has 0 amide bonds. The summed E-state index contributed by atoms with van der Waals surface area (Å²) in [6.07, 6.45) is 21.2. The third-order valence-electron chi connectivity index (χ3n) is 6.78. The molecule has 3 saturated carbocycles. The molecule has 0 atom stereocenters. The molecular weight excluding hydrogens is 367 g/mol. The maximum atomic E-state index is 12.1. The molecule has 3 N–H and O–H groups in total. The van der Waals surface area contributed by atoms with Gasteiger partial charge in [0.15, 0.2) is 0 Å². The third-order valence-corrected chi connectivity index (χ3v) is 22.9. The van der Waals surface area contributed by atoms with E-state index in [2.05, 4.69) is 0 Å². The fraction of sp³-hybridized carbons (Fsp3) is 1.00. The fourth-order valence-electron chi connectivity index (χ4n) is 5.70. The summed E-state index contributed by atoms with van der Waals surface area (Å²) >= 11 is -2.95. The Morgan fingerprint density at radius 3 is 0.952 bits per heavy atom. The van der Waals surface area contributed by atoms with Crippen LogP contribution in [0.2, 0.25) is 11.8 Å². The van der Waals surface area contributed by atoms with Crippen molar-refractivity contribution in [2.24, 2.45) is 0 Å². The van der Waals surface area contributed by atoms with E-state index in [1.807, 2.05) is 0 Å². The van der Waals surface area contributed by atoms with Crippen LogP contribution in [0.1, 0.15) is 96.3 Å². The Bertz CT molecular complexity index is 244. The third kappa shape index (κ3) is 3.98. The molecule has 124 valence electrons. The molecule has 0 bridgehead atoms. The summed E-state index contributed by atoms with van der Waals surface area (Å²) in [7, 11) is 0. The van der Waals surface area contributed by atoms with E-state index in [9.17, 15) is 3.44 Å². The summed E-state index contributed by atoms with van der Waals surface area (Å²) in [5.41, 5.74) is 0. The first kappa shape index (κ1) is 18.1. The Balaban J connectivity index is 0.00000161. The van der Waals surface area contributed by atoms with Crippen LogP contribution in [0.25, 0.3) is 0 Å². The Morgan fingerprint density at radius 2 is 0.714 bits per heavy atom. The standard InChI is InChI=1S/3C6H11.2H2O.Sn/c3*1-2-4-6-5-3-1;;;/h3*1H,2-6H2;2*1H2;/q;;;;;+1/p-1. The molecule has 3 aliphatic carbocycles. The molecule has 2 nitrogen and oxygen atoms in total. The average molecular weight is 403 g/mol. The zero-order valence-electron chi connectivity index (χ0n) is 13.8. The molecule has 0 radical (unpaired) electrons. The second-order valence-electron chi connectivity index (χ2n) is 7.89. The van der Waals surface area contributed by atoms with Crippen molar-refractivity contribution in [3.05, 3.63) is 0 Å². The Kier molecular flexibility index (Phi) is 7.34. The number of hydrogen-bond acceptors (Lipinski definition) is 1. The van der Waals surface area contributed by atoms with Crippen LogP contribution in [-0.2, 0) is 0 Å². The van der Waals surface area contributed by atoms with Crippen LogP contribution in [0.5, 0.6) is 0 Å². The molecule has 3 heteroatoms. The van der Waals surface area contributed by atoms with E-state index < -0.39 is 18.8 Å². The monoisotopic (exact) mass is 404 g/mol. The van der Waals surface area contributed by atoms with Crippen molar-refractivity contribution < 1.29 is 8.92 Å². The molecule has 21 heavy (non-hydrogen) atoms. The van der Waals surface area contributed by atoms with Crippen LogP contribution in [-0.4, -0.2) is 27.7 Å². The van der Waals surface area contributed by atoms with Crippen LogP contribution in [0.3, 0.4) is 0 Å². The zero-order valence-corrected chi connectivity index (χ0v) is 16.6. The summed E-state index contributed by atoms with van der Waals surface area (Å²) in [6.45, 7) is 0. The molecule has 0 aromatic rings. The molecule has 0 aliphatic heterocycles. The molecule has 0 aromatic carbocycles. The molecular formula is C18H36O2Sn. The maximum absolute atomic E-state index is 12.1. The first-order chi connectivity index (χ1) is 9.82. The summed E-state index contributed by atoms with van der Waals surface area (Å²) in [6, 6.07) is 0. The quantitative estimate of drug-likeness (QED) is 0.655. The Morgan fingerprint density at radius 1 is 0.476 bits per heavy atom.